The van der Waals surface area contributed by atoms with Crippen LogP contribution in [0.15, 0.2) is 37.0 Å². The topological polar surface area (TPSA) is 66.5 Å². The zero-order chi connectivity index (χ0) is 13.1. The molecular formula is C13H12N2O3. The highest BCUT2D eigenvalue weighted by atomic mass is 16.2. The number of Topliss-reactive ketones (excluding diaryl/α,β-unsaturated/α-hetero) is 1. The van der Waals surface area contributed by atoms with Crippen molar-refractivity contribution in [3.05, 3.63) is 48.2 Å². The molecule has 18 heavy (non-hydrogen) atoms. The maximum atomic E-state index is 11.9. The quantitative estimate of drug-likeness (QED) is 0.770. The van der Waals surface area contributed by atoms with Gasteiger partial charge in [0.05, 0.1) is 24.2 Å². The van der Waals surface area contributed by atoms with Crippen molar-refractivity contribution in [3.63, 3.8) is 0 Å². The predicted octanol–water partition coefficient (Wildman–Crippen LogP) is 0.585. The van der Waals surface area contributed by atoms with E-state index in [1.807, 2.05) is 0 Å². The van der Waals surface area contributed by atoms with Crippen LogP contribution in [-0.4, -0.2) is 35.6 Å². The summed E-state index contributed by atoms with van der Waals surface area (Å²) in [5, 5.41) is 2.64. The number of benzene rings is 1. The Labute approximate surface area is 104 Å². The van der Waals surface area contributed by atoms with Crippen molar-refractivity contribution < 1.29 is 14.4 Å². The lowest BCUT2D eigenvalue weighted by atomic mass is 10.1. The molecule has 0 atom stereocenters. The van der Waals surface area contributed by atoms with Gasteiger partial charge in [-0.3, -0.25) is 19.3 Å². The van der Waals surface area contributed by atoms with Crippen LogP contribution in [0.4, 0.5) is 0 Å². The molecule has 1 heterocycles. The first-order chi connectivity index (χ1) is 8.65. The molecule has 0 radical (unpaired) electrons. The van der Waals surface area contributed by atoms with Crippen LogP contribution >= 0.6 is 0 Å². The van der Waals surface area contributed by atoms with Crippen molar-refractivity contribution in [1.29, 1.82) is 0 Å². The van der Waals surface area contributed by atoms with Gasteiger partial charge in [-0.15, -0.1) is 0 Å². The molecule has 0 aliphatic carbocycles. The SMILES string of the molecule is C=CNCC(=O)CN1C(=O)c2ccccc2C1=O. The minimum atomic E-state index is -0.414. The molecule has 0 aromatic heterocycles. The van der Waals surface area contributed by atoms with E-state index in [-0.39, 0.29) is 18.9 Å². The Bertz CT molecular complexity index is 502. The molecule has 92 valence electrons. The van der Waals surface area contributed by atoms with Gasteiger partial charge in [0.2, 0.25) is 0 Å². The zero-order valence-electron chi connectivity index (χ0n) is 9.68. The zero-order valence-corrected chi connectivity index (χ0v) is 9.68. The van der Waals surface area contributed by atoms with Gasteiger partial charge in [0.15, 0.2) is 5.78 Å². The molecule has 1 aliphatic heterocycles. The third kappa shape index (κ3) is 2.02. The van der Waals surface area contributed by atoms with E-state index in [0.717, 1.165) is 4.90 Å². The van der Waals surface area contributed by atoms with Crippen LogP contribution in [0, 0.1) is 0 Å². The monoisotopic (exact) mass is 244 g/mol. The van der Waals surface area contributed by atoms with E-state index in [2.05, 4.69) is 11.9 Å². The maximum absolute atomic E-state index is 11.9. The van der Waals surface area contributed by atoms with Crippen molar-refractivity contribution in [3.8, 4) is 0 Å². The molecule has 2 amide bonds. The minimum absolute atomic E-state index is 0.0525. The van der Waals surface area contributed by atoms with Crippen molar-refractivity contribution in [2.45, 2.75) is 0 Å². The van der Waals surface area contributed by atoms with Gasteiger partial charge >= 0.3 is 0 Å². The molecule has 0 saturated heterocycles. The van der Waals surface area contributed by atoms with E-state index in [0.29, 0.717) is 11.1 Å². The number of ketones is 1. The highest BCUT2D eigenvalue weighted by Crippen LogP contribution is 2.21. The summed E-state index contributed by atoms with van der Waals surface area (Å²) < 4.78 is 0. The van der Waals surface area contributed by atoms with Gasteiger partial charge in [-0.1, -0.05) is 18.7 Å². The second-order valence-corrected chi connectivity index (χ2v) is 3.87. The molecule has 1 aromatic rings. The van der Waals surface area contributed by atoms with E-state index < -0.39 is 11.8 Å². The normalized spacial score (nSPS) is 13.4. The number of nitrogens with one attached hydrogen (secondary N) is 1. The number of carbonyl (C=O) groups is 3. The van der Waals surface area contributed by atoms with Crippen molar-refractivity contribution in [1.82, 2.24) is 10.2 Å². The Morgan fingerprint density at radius 1 is 1.22 bits per heavy atom. The largest absolute Gasteiger partial charge is 0.384 e. The highest BCUT2D eigenvalue weighted by molar-refractivity contribution is 6.22. The van der Waals surface area contributed by atoms with Crippen molar-refractivity contribution in [2.24, 2.45) is 0 Å². The van der Waals surface area contributed by atoms with Gasteiger partial charge in [0.1, 0.15) is 0 Å². The van der Waals surface area contributed by atoms with E-state index in [4.69, 9.17) is 0 Å². The summed E-state index contributed by atoms with van der Waals surface area (Å²) in [4.78, 5) is 36.4. The minimum Gasteiger partial charge on any atom is -0.384 e. The van der Waals surface area contributed by atoms with Gasteiger partial charge < -0.3 is 5.32 Å². The van der Waals surface area contributed by atoms with Gasteiger partial charge in [-0.25, -0.2) is 0 Å². The second-order valence-electron chi connectivity index (χ2n) is 3.87. The number of hydrogen-bond donors (Lipinski definition) is 1. The molecule has 0 unspecified atom stereocenters. The molecule has 2 rings (SSSR count). The summed E-state index contributed by atoms with van der Waals surface area (Å²) >= 11 is 0. The summed E-state index contributed by atoms with van der Waals surface area (Å²) in [6.45, 7) is 3.25. The fourth-order valence-corrected chi connectivity index (χ4v) is 1.80. The van der Waals surface area contributed by atoms with Crippen LogP contribution in [0.25, 0.3) is 0 Å². The van der Waals surface area contributed by atoms with Crippen LogP contribution < -0.4 is 5.32 Å². The lowest BCUT2D eigenvalue weighted by molar-refractivity contribution is -0.118. The lowest BCUT2D eigenvalue weighted by Crippen LogP contribution is -2.37. The average Bonchev–Trinajstić information content (AvgIpc) is 2.62. The van der Waals surface area contributed by atoms with E-state index >= 15 is 0 Å². The van der Waals surface area contributed by atoms with Crippen LogP contribution in [0.5, 0.6) is 0 Å². The van der Waals surface area contributed by atoms with Gasteiger partial charge in [-0.2, -0.15) is 0 Å². The van der Waals surface area contributed by atoms with Gasteiger partial charge in [-0.05, 0) is 18.3 Å². The van der Waals surface area contributed by atoms with E-state index in [1.165, 1.54) is 6.20 Å². The van der Waals surface area contributed by atoms with Crippen LogP contribution in [0.3, 0.4) is 0 Å². The first kappa shape index (κ1) is 12.0. The molecule has 0 fully saturated rings. The number of rotatable bonds is 5. The van der Waals surface area contributed by atoms with E-state index in [9.17, 15) is 14.4 Å². The second kappa shape index (κ2) is 4.83. The first-order valence-corrected chi connectivity index (χ1v) is 5.46. The third-order valence-corrected chi connectivity index (χ3v) is 2.66. The highest BCUT2D eigenvalue weighted by Gasteiger charge is 2.35. The summed E-state index contributed by atoms with van der Waals surface area (Å²) in [7, 11) is 0. The number of amides is 2. The lowest BCUT2D eigenvalue weighted by Gasteiger charge is -2.12. The Morgan fingerprint density at radius 2 is 1.78 bits per heavy atom. The van der Waals surface area contributed by atoms with Crippen LogP contribution in [0.2, 0.25) is 0 Å². The average molecular weight is 244 g/mol. The summed E-state index contributed by atoms with van der Waals surface area (Å²) in [6.07, 6.45) is 1.39. The molecule has 5 heteroatoms. The molecule has 0 saturated carbocycles. The first-order valence-electron chi connectivity index (χ1n) is 5.46. The summed E-state index contributed by atoms with van der Waals surface area (Å²) in [5.41, 5.74) is 0.707. The Hall–Kier alpha value is -2.43. The number of hydrogen-bond acceptors (Lipinski definition) is 4. The molecule has 1 aliphatic rings. The molecule has 1 aromatic carbocycles. The van der Waals surface area contributed by atoms with Crippen LogP contribution in [0.1, 0.15) is 20.7 Å². The third-order valence-electron chi connectivity index (χ3n) is 2.66. The van der Waals surface area contributed by atoms with E-state index in [1.54, 1.807) is 24.3 Å². The van der Waals surface area contributed by atoms with Crippen molar-refractivity contribution in [2.75, 3.05) is 13.1 Å². The Morgan fingerprint density at radius 3 is 2.28 bits per heavy atom. The maximum Gasteiger partial charge on any atom is 0.261 e. The Balaban J connectivity index is 2.14. The number of imide groups is 1. The number of fused-ring (bicyclic) bond motifs is 1. The molecule has 0 spiro atoms. The number of nitrogens with zero attached hydrogens (tertiary/aromatic N) is 1. The summed E-state index contributed by atoms with van der Waals surface area (Å²) in [5.74, 6) is -1.07. The fraction of sp³-hybridized carbons (Fsp3) is 0.154. The molecular weight excluding hydrogens is 232 g/mol. The molecule has 0 bridgehead atoms. The van der Waals surface area contributed by atoms with Gasteiger partial charge in [0.25, 0.3) is 11.8 Å². The molecule has 5 nitrogen and oxygen atoms in total. The molecule has 1 N–H and O–H groups in total. The smallest absolute Gasteiger partial charge is 0.261 e. The standard InChI is InChI=1S/C13H12N2O3/c1-2-14-7-9(16)8-15-12(17)10-5-3-4-6-11(10)13(15)18/h2-6,14H,1,7-8H2. The van der Waals surface area contributed by atoms with Crippen molar-refractivity contribution >= 4 is 17.6 Å². The van der Waals surface area contributed by atoms with Crippen LogP contribution in [-0.2, 0) is 4.79 Å². The van der Waals surface area contributed by atoms with Gasteiger partial charge in [0, 0.05) is 0 Å². The number of carbonyl (C=O) groups excluding carboxylic acids is 3. The predicted molar refractivity (Wildman–Crippen MR) is 65.0 cm³/mol. The fourth-order valence-electron chi connectivity index (χ4n) is 1.80. The Kier molecular flexibility index (Phi) is 3.23. The summed E-state index contributed by atoms with van der Waals surface area (Å²) in [6, 6.07) is 6.55.